The van der Waals surface area contributed by atoms with E-state index in [0.717, 1.165) is 0 Å². The Labute approximate surface area is 197 Å². The molecule has 0 radical (unpaired) electrons. The van der Waals surface area contributed by atoms with Crippen LogP contribution in [0.3, 0.4) is 0 Å². The van der Waals surface area contributed by atoms with Crippen molar-refractivity contribution in [1.82, 2.24) is 20.6 Å². The molecule has 0 fully saturated rings. The minimum absolute atomic E-state index is 0.0362. The van der Waals surface area contributed by atoms with Gasteiger partial charge in [0.15, 0.2) is 0 Å². The monoisotopic (exact) mass is 486 g/mol. The fourth-order valence-corrected chi connectivity index (χ4v) is 4.02. The zero-order chi connectivity index (χ0) is 24.7. The highest BCUT2D eigenvalue weighted by Gasteiger charge is 2.43. The van der Waals surface area contributed by atoms with Gasteiger partial charge in [0.25, 0.3) is 5.89 Å². The number of halogens is 3. The lowest BCUT2D eigenvalue weighted by molar-refractivity contribution is -0.136. The average Bonchev–Trinajstić information content (AvgIpc) is 3.48. The predicted octanol–water partition coefficient (Wildman–Crippen LogP) is 4.87. The third-order valence-corrected chi connectivity index (χ3v) is 5.58. The first-order valence-corrected chi connectivity index (χ1v) is 10.9. The summed E-state index contributed by atoms with van der Waals surface area (Å²) in [5.74, 6) is -0.650. The van der Waals surface area contributed by atoms with Crippen molar-refractivity contribution >= 4 is 0 Å². The number of aliphatic hydroxyl groups is 1. The number of hydrogen-bond donors (Lipinski definition) is 2. The first-order chi connectivity index (χ1) is 16.7. The molecule has 0 saturated heterocycles. The van der Waals surface area contributed by atoms with Crippen molar-refractivity contribution in [3.63, 3.8) is 0 Å². The molecule has 35 heavy (non-hydrogen) atoms. The fraction of sp³-hybridized carbons (Fsp3) is 0.292. The van der Waals surface area contributed by atoms with E-state index in [-0.39, 0.29) is 35.8 Å². The van der Waals surface area contributed by atoms with Gasteiger partial charge >= 0.3 is 6.18 Å². The largest absolute Gasteiger partial charge is 0.491 e. The van der Waals surface area contributed by atoms with Crippen molar-refractivity contribution in [2.45, 2.75) is 38.2 Å². The van der Waals surface area contributed by atoms with Crippen molar-refractivity contribution < 1.29 is 32.1 Å². The summed E-state index contributed by atoms with van der Waals surface area (Å²) in [7, 11) is 0. The van der Waals surface area contributed by atoms with Gasteiger partial charge < -0.3 is 24.2 Å². The highest BCUT2D eigenvalue weighted by atomic mass is 19.4. The van der Waals surface area contributed by atoms with Gasteiger partial charge in [0.05, 0.1) is 6.04 Å². The van der Waals surface area contributed by atoms with E-state index in [1.54, 1.807) is 36.4 Å². The topological polar surface area (TPSA) is 106 Å². The molecule has 0 spiro atoms. The summed E-state index contributed by atoms with van der Waals surface area (Å²) in [6.07, 6.45) is -5.55. The Balaban J connectivity index is 1.48. The Morgan fingerprint density at radius 2 is 1.80 bits per heavy atom. The van der Waals surface area contributed by atoms with Crippen LogP contribution in [0.15, 0.2) is 57.6 Å². The first kappa shape index (κ1) is 23.1. The van der Waals surface area contributed by atoms with Crippen molar-refractivity contribution in [2.24, 2.45) is 0 Å². The molecule has 3 heterocycles. The quantitative estimate of drug-likeness (QED) is 0.412. The molecule has 0 unspecified atom stereocenters. The van der Waals surface area contributed by atoms with Gasteiger partial charge in [0, 0.05) is 22.7 Å². The summed E-state index contributed by atoms with van der Waals surface area (Å²) in [6.45, 7) is 4.20. The number of fused-ring (bicyclic) bond motifs is 1. The van der Waals surface area contributed by atoms with E-state index in [0.29, 0.717) is 16.9 Å². The maximum Gasteiger partial charge on any atom is 0.422 e. The number of aliphatic hydroxyl groups excluding tert-OH is 1. The smallest absolute Gasteiger partial charge is 0.422 e. The van der Waals surface area contributed by atoms with Crippen molar-refractivity contribution in [3.8, 4) is 40.0 Å². The lowest BCUT2D eigenvalue weighted by atomic mass is 9.97. The molecular weight excluding hydrogens is 465 g/mol. The zero-order valence-corrected chi connectivity index (χ0v) is 18.7. The van der Waals surface area contributed by atoms with Gasteiger partial charge in [-0.15, -0.1) is 0 Å². The van der Waals surface area contributed by atoms with Gasteiger partial charge in [-0.1, -0.05) is 66.6 Å². The number of alkyl halides is 3. The second kappa shape index (κ2) is 8.82. The van der Waals surface area contributed by atoms with Crippen molar-refractivity contribution in [2.75, 3.05) is 6.61 Å². The molecule has 2 aromatic heterocycles. The third kappa shape index (κ3) is 4.40. The summed E-state index contributed by atoms with van der Waals surface area (Å²) in [5, 5.41) is 21.4. The summed E-state index contributed by atoms with van der Waals surface area (Å²) in [5.41, 5.74) is -0.195. The van der Waals surface area contributed by atoms with Gasteiger partial charge in [-0.25, -0.2) is 0 Å². The van der Waals surface area contributed by atoms with Crippen LogP contribution in [0.5, 0.6) is 5.75 Å². The van der Waals surface area contributed by atoms with E-state index in [1.807, 2.05) is 13.8 Å². The van der Waals surface area contributed by atoms with Gasteiger partial charge in [-0.05, 0) is 6.07 Å². The Kier molecular flexibility index (Phi) is 5.81. The summed E-state index contributed by atoms with van der Waals surface area (Å²) in [6, 6.07) is 12.7. The number of hydrogen-bond acceptors (Lipinski definition) is 8. The van der Waals surface area contributed by atoms with Gasteiger partial charge in [0.1, 0.15) is 29.7 Å². The molecule has 0 aliphatic carbocycles. The van der Waals surface area contributed by atoms with Crippen LogP contribution >= 0.6 is 0 Å². The van der Waals surface area contributed by atoms with Crippen LogP contribution in [0.25, 0.3) is 34.3 Å². The Morgan fingerprint density at radius 3 is 2.51 bits per heavy atom. The normalized spacial score (nSPS) is 17.9. The summed E-state index contributed by atoms with van der Waals surface area (Å²) in [4.78, 5) is 4.11. The number of aromatic nitrogens is 3. The molecule has 1 aliphatic heterocycles. The van der Waals surface area contributed by atoms with Crippen LogP contribution in [0.4, 0.5) is 13.2 Å². The molecule has 5 rings (SSSR count). The number of benzene rings is 2. The minimum Gasteiger partial charge on any atom is -0.491 e. The fourth-order valence-electron chi connectivity index (χ4n) is 4.02. The molecule has 0 saturated carbocycles. The highest BCUT2D eigenvalue weighted by Crippen LogP contribution is 2.43. The van der Waals surface area contributed by atoms with Crippen molar-refractivity contribution in [3.05, 3.63) is 59.7 Å². The van der Waals surface area contributed by atoms with E-state index in [9.17, 15) is 18.3 Å². The lowest BCUT2D eigenvalue weighted by Crippen LogP contribution is -2.45. The predicted molar refractivity (Wildman–Crippen MR) is 118 cm³/mol. The maximum absolute atomic E-state index is 13.9. The standard InChI is InChI=1S/C24H21F3N4O4/c1-12(2)28-16-11-33-17-10-14(8-9-15(17)20(16)32)22-29-23(35-31-22)21-18(24(25,26)27)19(30-34-21)13-6-4-3-5-7-13/h3-10,12,16,20,28,32H,11H2,1-2H3/t16-,20+/m1/s1. The Hall–Kier alpha value is -3.70. The Bertz CT molecular complexity index is 1330. The van der Waals surface area contributed by atoms with Gasteiger partial charge in [0.2, 0.25) is 11.6 Å². The van der Waals surface area contributed by atoms with E-state index in [2.05, 4.69) is 20.6 Å². The molecular formula is C24H21F3N4O4. The van der Waals surface area contributed by atoms with Gasteiger partial charge in [-0.3, -0.25) is 0 Å². The average molecular weight is 486 g/mol. The summed E-state index contributed by atoms with van der Waals surface area (Å²) < 4.78 is 57.8. The first-order valence-electron chi connectivity index (χ1n) is 10.9. The molecule has 182 valence electrons. The van der Waals surface area contributed by atoms with Crippen molar-refractivity contribution in [1.29, 1.82) is 0 Å². The van der Waals surface area contributed by atoms with E-state index in [1.165, 1.54) is 12.1 Å². The third-order valence-electron chi connectivity index (χ3n) is 5.58. The molecule has 11 heteroatoms. The Morgan fingerprint density at radius 1 is 1.03 bits per heavy atom. The summed E-state index contributed by atoms with van der Waals surface area (Å²) >= 11 is 0. The molecule has 2 atom stereocenters. The van der Waals surface area contributed by atoms with E-state index in [4.69, 9.17) is 13.8 Å². The number of ether oxygens (including phenoxy) is 1. The van der Waals surface area contributed by atoms with Gasteiger partial charge in [-0.2, -0.15) is 18.2 Å². The molecule has 2 aromatic carbocycles. The highest BCUT2D eigenvalue weighted by molar-refractivity contribution is 5.71. The van der Waals surface area contributed by atoms with Crippen LogP contribution in [0, 0.1) is 0 Å². The molecule has 2 N–H and O–H groups in total. The molecule has 0 bridgehead atoms. The van der Waals surface area contributed by atoms with Crippen LogP contribution in [-0.2, 0) is 6.18 Å². The SMILES string of the molecule is CC(C)N[C@@H]1COc2cc(-c3noc(-c4onc(-c5ccccc5)c4C(F)(F)F)n3)ccc2[C@@H]1O. The van der Waals surface area contributed by atoms with Crippen LogP contribution in [-0.4, -0.2) is 39.1 Å². The second-order valence-corrected chi connectivity index (χ2v) is 8.46. The second-order valence-electron chi connectivity index (χ2n) is 8.46. The van der Waals surface area contributed by atoms with Crippen LogP contribution in [0.1, 0.15) is 31.1 Å². The number of rotatable bonds is 5. The molecule has 0 amide bonds. The number of nitrogens with one attached hydrogen (secondary N) is 1. The number of nitrogens with zero attached hydrogens (tertiary/aromatic N) is 3. The maximum atomic E-state index is 13.9. The lowest BCUT2D eigenvalue weighted by Gasteiger charge is -2.32. The van der Waals surface area contributed by atoms with E-state index >= 15 is 0 Å². The van der Waals surface area contributed by atoms with E-state index < -0.39 is 29.5 Å². The van der Waals surface area contributed by atoms with Crippen LogP contribution in [0.2, 0.25) is 0 Å². The molecule has 4 aromatic rings. The van der Waals surface area contributed by atoms with Crippen LogP contribution < -0.4 is 10.1 Å². The minimum atomic E-state index is -4.77. The molecule has 1 aliphatic rings. The zero-order valence-electron chi connectivity index (χ0n) is 18.7. The molecule has 8 nitrogen and oxygen atoms in total.